The van der Waals surface area contributed by atoms with Crippen LogP contribution in [0.3, 0.4) is 0 Å². The molecule has 11 nitrogen and oxygen atoms in total. The van der Waals surface area contributed by atoms with Crippen molar-refractivity contribution in [2.75, 3.05) is 35.9 Å². The number of nitrogen functional groups attached to an aromatic ring is 1. The minimum absolute atomic E-state index is 0.146. The monoisotopic (exact) mass is 450 g/mol. The summed E-state index contributed by atoms with van der Waals surface area (Å²) in [6.45, 7) is 1.43. The number of nitrogens with one attached hydrogen (secondary N) is 3. The van der Waals surface area contributed by atoms with Gasteiger partial charge in [0.05, 0.1) is 25.3 Å². The third-order valence-corrected chi connectivity index (χ3v) is 4.39. The number of carbonyl (C=O) groups excluding carboxylic acids is 3. The Bertz CT molecular complexity index is 1160. The molecule has 1 heterocycles. The minimum Gasteiger partial charge on any atom is -0.465 e. The average molecular weight is 450 g/mol. The number of carbonyl (C=O) groups is 3. The molecule has 0 aliphatic rings. The van der Waals surface area contributed by atoms with Crippen molar-refractivity contribution in [3.05, 3.63) is 59.9 Å². The Morgan fingerprint density at radius 1 is 0.788 bits per heavy atom. The number of esters is 2. The second-order valence-electron chi connectivity index (χ2n) is 6.78. The molecule has 3 aromatic rings. The normalized spacial score (nSPS) is 10.2. The maximum atomic E-state index is 12.0. The molecule has 3 rings (SSSR count). The number of nitrogens with zero attached hydrogens (tertiary/aromatic N) is 2. The summed E-state index contributed by atoms with van der Waals surface area (Å²) >= 11 is 0. The average Bonchev–Trinajstić information content (AvgIpc) is 2.81. The van der Waals surface area contributed by atoms with Gasteiger partial charge in [-0.25, -0.2) is 19.6 Å². The summed E-state index contributed by atoms with van der Waals surface area (Å²) in [7, 11) is 2.48. The zero-order chi connectivity index (χ0) is 24.0. The van der Waals surface area contributed by atoms with E-state index in [0.717, 1.165) is 0 Å². The molecule has 0 aliphatic heterocycles. The number of amides is 1. The molecule has 0 fully saturated rings. The molecule has 0 aliphatic carbocycles. The number of anilines is 6. The van der Waals surface area contributed by atoms with Gasteiger partial charge in [0.1, 0.15) is 12.0 Å². The molecule has 1 amide bonds. The van der Waals surface area contributed by atoms with Gasteiger partial charge in [-0.3, -0.25) is 4.79 Å². The Morgan fingerprint density at radius 2 is 1.27 bits per heavy atom. The van der Waals surface area contributed by atoms with E-state index >= 15 is 0 Å². The van der Waals surface area contributed by atoms with Crippen LogP contribution in [-0.2, 0) is 14.3 Å². The molecule has 0 atom stereocenters. The van der Waals surface area contributed by atoms with Crippen LogP contribution in [0.2, 0.25) is 0 Å². The summed E-state index contributed by atoms with van der Waals surface area (Å²) in [5.41, 5.74) is 8.43. The molecule has 5 N–H and O–H groups in total. The molecule has 0 bridgehead atoms. The first-order chi connectivity index (χ1) is 15.8. The minimum atomic E-state index is -0.621. The summed E-state index contributed by atoms with van der Waals surface area (Å²) in [6.07, 6.45) is 1.30. The van der Waals surface area contributed by atoms with Gasteiger partial charge < -0.3 is 31.2 Å². The summed E-state index contributed by atoms with van der Waals surface area (Å²) in [4.78, 5) is 43.5. The van der Waals surface area contributed by atoms with Gasteiger partial charge >= 0.3 is 11.9 Å². The lowest BCUT2D eigenvalue weighted by Gasteiger charge is -2.14. The van der Waals surface area contributed by atoms with Crippen molar-refractivity contribution < 1.29 is 23.9 Å². The maximum absolute atomic E-state index is 12.0. The largest absolute Gasteiger partial charge is 0.465 e. The zero-order valence-corrected chi connectivity index (χ0v) is 18.1. The second-order valence-corrected chi connectivity index (χ2v) is 6.78. The van der Waals surface area contributed by atoms with Gasteiger partial charge in [0.15, 0.2) is 11.6 Å². The number of rotatable bonds is 7. The Hall–Kier alpha value is -4.67. The van der Waals surface area contributed by atoms with Crippen LogP contribution in [0, 0.1) is 0 Å². The maximum Gasteiger partial charge on any atom is 0.337 e. The van der Waals surface area contributed by atoms with E-state index in [1.54, 1.807) is 24.3 Å². The molecular weight excluding hydrogens is 428 g/mol. The molecule has 170 valence electrons. The van der Waals surface area contributed by atoms with Gasteiger partial charge in [-0.05, 0) is 42.5 Å². The molecule has 2 aromatic carbocycles. The van der Waals surface area contributed by atoms with Gasteiger partial charge in [-0.2, -0.15) is 0 Å². The standard InChI is InChI=1S/C22H22N6O5/c1-12(29)26-15-4-6-16(7-5-15)27-19-18(23)20(25-11-24-19)28-17-9-13(21(30)32-2)8-14(10-17)22(31)33-3/h4-11H,23H2,1-3H3,(H,26,29)(H2,24,25,27,28). The lowest BCUT2D eigenvalue weighted by Crippen LogP contribution is -2.09. The highest BCUT2D eigenvalue weighted by Crippen LogP contribution is 2.29. The summed E-state index contributed by atoms with van der Waals surface area (Å²) in [5.74, 6) is -0.829. The topological polar surface area (TPSA) is 158 Å². The first-order valence-corrected chi connectivity index (χ1v) is 9.64. The molecular formula is C22H22N6O5. The summed E-state index contributed by atoms with van der Waals surface area (Å²) in [5, 5.41) is 8.75. The van der Waals surface area contributed by atoms with E-state index in [1.165, 1.54) is 45.7 Å². The number of nitrogens with two attached hydrogens (primary N) is 1. The van der Waals surface area contributed by atoms with Crippen LogP contribution >= 0.6 is 0 Å². The van der Waals surface area contributed by atoms with Crippen molar-refractivity contribution in [2.24, 2.45) is 0 Å². The lowest BCUT2D eigenvalue weighted by molar-refractivity contribution is -0.114. The van der Waals surface area contributed by atoms with Crippen molar-refractivity contribution in [1.29, 1.82) is 0 Å². The fourth-order valence-electron chi connectivity index (χ4n) is 2.88. The molecule has 0 radical (unpaired) electrons. The Balaban J connectivity index is 1.87. The van der Waals surface area contributed by atoms with E-state index in [-0.39, 0.29) is 28.5 Å². The van der Waals surface area contributed by atoms with E-state index in [1.807, 2.05) is 0 Å². The van der Waals surface area contributed by atoms with Crippen LogP contribution in [0.25, 0.3) is 0 Å². The van der Waals surface area contributed by atoms with E-state index in [9.17, 15) is 14.4 Å². The number of methoxy groups -OCH3 is 2. The van der Waals surface area contributed by atoms with Crippen LogP contribution in [0.15, 0.2) is 48.8 Å². The number of ether oxygens (including phenoxy) is 2. The Kier molecular flexibility index (Phi) is 7.03. The second kappa shape index (κ2) is 10.1. The Morgan fingerprint density at radius 3 is 1.76 bits per heavy atom. The zero-order valence-electron chi connectivity index (χ0n) is 18.1. The third kappa shape index (κ3) is 5.73. The molecule has 0 spiro atoms. The highest BCUT2D eigenvalue weighted by atomic mass is 16.5. The molecule has 0 unspecified atom stereocenters. The predicted molar refractivity (Wildman–Crippen MR) is 123 cm³/mol. The molecule has 0 saturated carbocycles. The number of hydrogen-bond acceptors (Lipinski definition) is 10. The molecule has 33 heavy (non-hydrogen) atoms. The SMILES string of the molecule is COC(=O)c1cc(Nc2ncnc(Nc3ccc(NC(C)=O)cc3)c2N)cc(C(=O)OC)c1. The van der Waals surface area contributed by atoms with E-state index in [2.05, 4.69) is 25.9 Å². The van der Waals surface area contributed by atoms with Gasteiger partial charge in [0, 0.05) is 24.0 Å². The first-order valence-electron chi connectivity index (χ1n) is 9.64. The molecule has 11 heteroatoms. The van der Waals surface area contributed by atoms with Gasteiger partial charge in [-0.1, -0.05) is 0 Å². The van der Waals surface area contributed by atoms with Crippen LogP contribution in [0.1, 0.15) is 27.6 Å². The summed E-state index contributed by atoms with van der Waals surface area (Å²) in [6, 6.07) is 11.3. The van der Waals surface area contributed by atoms with Gasteiger partial charge in [0.2, 0.25) is 5.91 Å². The molecule has 1 aromatic heterocycles. The Labute approximate surface area is 189 Å². The number of aromatic nitrogens is 2. The highest BCUT2D eigenvalue weighted by Gasteiger charge is 2.16. The van der Waals surface area contributed by atoms with Crippen LogP contribution in [0.5, 0.6) is 0 Å². The van der Waals surface area contributed by atoms with E-state index in [4.69, 9.17) is 15.2 Å². The van der Waals surface area contributed by atoms with Crippen molar-refractivity contribution in [3.8, 4) is 0 Å². The van der Waals surface area contributed by atoms with Gasteiger partial charge in [-0.15, -0.1) is 0 Å². The van der Waals surface area contributed by atoms with E-state index < -0.39 is 11.9 Å². The van der Waals surface area contributed by atoms with Crippen LogP contribution < -0.4 is 21.7 Å². The van der Waals surface area contributed by atoms with E-state index in [0.29, 0.717) is 22.9 Å². The number of benzene rings is 2. The van der Waals surface area contributed by atoms with Crippen molar-refractivity contribution in [3.63, 3.8) is 0 Å². The molecule has 0 saturated heterocycles. The lowest BCUT2D eigenvalue weighted by atomic mass is 10.1. The number of hydrogen-bond donors (Lipinski definition) is 4. The predicted octanol–water partition coefficient (Wildman–Crippen LogP) is 3.08. The first kappa shape index (κ1) is 23.0. The quantitative estimate of drug-likeness (QED) is 0.394. The van der Waals surface area contributed by atoms with Crippen LogP contribution in [0.4, 0.5) is 34.4 Å². The van der Waals surface area contributed by atoms with Gasteiger partial charge in [0.25, 0.3) is 0 Å². The van der Waals surface area contributed by atoms with Crippen molar-refractivity contribution in [2.45, 2.75) is 6.92 Å². The van der Waals surface area contributed by atoms with Crippen molar-refractivity contribution in [1.82, 2.24) is 9.97 Å². The van der Waals surface area contributed by atoms with Crippen molar-refractivity contribution >= 4 is 52.2 Å². The fourth-order valence-corrected chi connectivity index (χ4v) is 2.88. The third-order valence-electron chi connectivity index (χ3n) is 4.39. The van der Waals surface area contributed by atoms with Crippen LogP contribution in [-0.4, -0.2) is 42.0 Å². The summed E-state index contributed by atoms with van der Waals surface area (Å²) < 4.78 is 9.49. The smallest absolute Gasteiger partial charge is 0.337 e. The fraction of sp³-hybridized carbons (Fsp3) is 0.136. The highest BCUT2D eigenvalue weighted by molar-refractivity contribution is 5.97.